The molecule has 4 heteroatoms. The highest BCUT2D eigenvalue weighted by molar-refractivity contribution is 5.79. The summed E-state index contributed by atoms with van der Waals surface area (Å²) in [5, 5.41) is 12.7. The van der Waals surface area contributed by atoms with Crippen LogP contribution in [0, 0.1) is 5.92 Å². The van der Waals surface area contributed by atoms with Crippen LogP contribution in [0.15, 0.2) is 0 Å². The number of nitrogens with zero attached hydrogens (tertiary/aromatic N) is 1. The van der Waals surface area contributed by atoms with Gasteiger partial charge in [0.1, 0.15) is 5.54 Å². The molecule has 2 atom stereocenters. The summed E-state index contributed by atoms with van der Waals surface area (Å²) in [5.41, 5.74) is -0.624. The predicted octanol–water partition coefficient (Wildman–Crippen LogP) is 1.32. The van der Waals surface area contributed by atoms with Gasteiger partial charge in [0, 0.05) is 6.54 Å². The molecule has 2 heterocycles. The molecule has 2 rings (SSSR count). The molecule has 17 heavy (non-hydrogen) atoms. The number of carboxylic acid groups (broad SMARTS) is 1. The van der Waals surface area contributed by atoms with Gasteiger partial charge in [-0.25, -0.2) is 0 Å². The lowest BCUT2D eigenvalue weighted by atomic mass is 9.82. The molecule has 0 aromatic carbocycles. The molecule has 2 fully saturated rings. The lowest BCUT2D eigenvalue weighted by Crippen LogP contribution is -2.50. The second kappa shape index (κ2) is 5.36. The van der Waals surface area contributed by atoms with E-state index in [1.165, 1.54) is 19.4 Å². The first-order valence-corrected chi connectivity index (χ1v) is 6.87. The number of rotatable bonds is 4. The van der Waals surface area contributed by atoms with Crippen LogP contribution in [0.5, 0.6) is 0 Å². The standard InChI is InChI=1S/C13H24N2O2/c1-2-15-8-3-5-11(10-15)9-13(12(16)17)6-4-7-14-13/h11,14H,2-10H2,1H3,(H,16,17). The number of hydrogen-bond acceptors (Lipinski definition) is 3. The maximum absolute atomic E-state index is 11.5. The maximum Gasteiger partial charge on any atom is 0.323 e. The normalized spacial score (nSPS) is 35.0. The first-order chi connectivity index (χ1) is 8.16. The Kier molecular flexibility index (Phi) is 4.05. The van der Waals surface area contributed by atoms with Crippen molar-refractivity contribution in [3.63, 3.8) is 0 Å². The third-order valence-corrected chi connectivity index (χ3v) is 4.34. The van der Waals surface area contributed by atoms with Crippen molar-refractivity contribution in [1.82, 2.24) is 10.2 Å². The van der Waals surface area contributed by atoms with Crippen LogP contribution in [0.3, 0.4) is 0 Å². The molecule has 0 aliphatic carbocycles. The molecule has 0 spiro atoms. The van der Waals surface area contributed by atoms with Crippen LogP contribution in [0.25, 0.3) is 0 Å². The Morgan fingerprint density at radius 1 is 1.53 bits per heavy atom. The number of piperidine rings is 1. The molecule has 2 saturated heterocycles. The van der Waals surface area contributed by atoms with Crippen molar-refractivity contribution in [2.45, 2.75) is 44.6 Å². The molecule has 0 amide bonds. The maximum atomic E-state index is 11.5. The molecule has 0 saturated carbocycles. The van der Waals surface area contributed by atoms with E-state index in [2.05, 4.69) is 17.1 Å². The zero-order valence-electron chi connectivity index (χ0n) is 10.7. The number of aliphatic carboxylic acids is 1. The molecule has 0 bridgehead atoms. The zero-order valence-corrected chi connectivity index (χ0v) is 10.7. The lowest BCUT2D eigenvalue weighted by Gasteiger charge is -2.36. The second-order valence-corrected chi connectivity index (χ2v) is 5.52. The summed E-state index contributed by atoms with van der Waals surface area (Å²) < 4.78 is 0. The van der Waals surface area contributed by atoms with Gasteiger partial charge >= 0.3 is 5.97 Å². The Balaban J connectivity index is 1.96. The van der Waals surface area contributed by atoms with Crippen LogP contribution >= 0.6 is 0 Å². The van der Waals surface area contributed by atoms with E-state index in [0.717, 1.165) is 38.9 Å². The Bertz CT molecular complexity index is 275. The van der Waals surface area contributed by atoms with Crippen molar-refractivity contribution < 1.29 is 9.90 Å². The van der Waals surface area contributed by atoms with Gasteiger partial charge in [-0.2, -0.15) is 0 Å². The van der Waals surface area contributed by atoms with E-state index >= 15 is 0 Å². The Hall–Kier alpha value is -0.610. The average molecular weight is 240 g/mol. The van der Waals surface area contributed by atoms with Gasteiger partial charge in [-0.15, -0.1) is 0 Å². The summed E-state index contributed by atoms with van der Waals surface area (Å²) in [5.74, 6) is -0.103. The minimum Gasteiger partial charge on any atom is -0.480 e. The van der Waals surface area contributed by atoms with Crippen LogP contribution in [0.2, 0.25) is 0 Å². The van der Waals surface area contributed by atoms with Gasteiger partial charge in [0.15, 0.2) is 0 Å². The van der Waals surface area contributed by atoms with Crippen molar-refractivity contribution in [3.8, 4) is 0 Å². The fraction of sp³-hybridized carbons (Fsp3) is 0.923. The van der Waals surface area contributed by atoms with E-state index in [1.54, 1.807) is 0 Å². The Labute approximate surface area is 103 Å². The molecule has 0 aromatic rings. The third-order valence-electron chi connectivity index (χ3n) is 4.34. The Morgan fingerprint density at radius 2 is 2.35 bits per heavy atom. The smallest absolute Gasteiger partial charge is 0.323 e. The fourth-order valence-electron chi connectivity index (χ4n) is 3.35. The summed E-state index contributed by atoms with van der Waals surface area (Å²) >= 11 is 0. The second-order valence-electron chi connectivity index (χ2n) is 5.52. The summed E-state index contributed by atoms with van der Waals surface area (Å²) in [6, 6.07) is 0. The van der Waals surface area contributed by atoms with Crippen molar-refractivity contribution in [2.75, 3.05) is 26.2 Å². The topological polar surface area (TPSA) is 52.6 Å². The van der Waals surface area contributed by atoms with Crippen molar-refractivity contribution in [1.29, 1.82) is 0 Å². The largest absolute Gasteiger partial charge is 0.480 e. The molecule has 4 nitrogen and oxygen atoms in total. The monoisotopic (exact) mass is 240 g/mol. The minimum atomic E-state index is -0.649. The van der Waals surface area contributed by atoms with E-state index in [4.69, 9.17) is 0 Å². The molecule has 0 aromatic heterocycles. The SMILES string of the molecule is CCN1CCCC(CC2(C(=O)O)CCCN2)C1. The quantitative estimate of drug-likeness (QED) is 0.778. The number of carboxylic acids is 1. The van der Waals surface area contributed by atoms with E-state index in [1.807, 2.05) is 0 Å². The van der Waals surface area contributed by atoms with Gasteiger partial charge in [-0.1, -0.05) is 6.92 Å². The summed E-state index contributed by atoms with van der Waals surface area (Å²) in [6.45, 7) is 6.39. The van der Waals surface area contributed by atoms with E-state index in [0.29, 0.717) is 5.92 Å². The van der Waals surface area contributed by atoms with Crippen LogP contribution in [0.4, 0.5) is 0 Å². The highest BCUT2D eigenvalue weighted by Crippen LogP contribution is 2.31. The molecule has 2 N–H and O–H groups in total. The van der Waals surface area contributed by atoms with E-state index in [9.17, 15) is 9.90 Å². The first kappa shape index (κ1) is 12.8. The van der Waals surface area contributed by atoms with E-state index in [-0.39, 0.29) is 0 Å². The molecule has 2 aliphatic heterocycles. The third kappa shape index (κ3) is 2.80. The highest BCUT2D eigenvalue weighted by Gasteiger charge is 2.43. The molecule has 2 unspecified atom stereocenters. The predicted molar refractivity (Wildman–Crippen MR) is 67.1 cm³/mol. The zero-order chi connectivity index (χ0) is 12.3. The van der Waals surface area contributed by atoms with Gasteiger partial charge in [-0.3, -0.25) is 4.79 Å². The number of nitrogens with one attached hydrogen (secondary N) is 1. The molecular weight excluding hydrogens is 216 g/mol. The van der Waals surface area contributed by atoms with Gasteiger partial charge < -0.3 is 15.3 Å². The number of likely N-dealkylation sites (tertiary alicyclic amines) is 1. The summed E-state index contributed by atoms with van der Waals surface area (Å²) in [6.07, 6.45) is 5.00. The Morgan fingerprint density at radius 3 is 2.94 bits per heavy atom. The fourth-order valence-corrected chi connectivity index (χ4v) is 3.35. The van der Waals surface area contributed by atoms with Crippen LogP contribution in [-0.2, 0) is 4.79 Å². The van der Waals surface area contributed by atoms with Gasteiger partial charge in [0.2, 0.25) is 0 Å². The molecule has 98 valence electrons. The number of hydrogen-bond donors (Lipinski definition) is 2. The van der Waals surface area contributed by atoms with Gasteiger partial charge in [0.25, 0.3) is 0 Å². The van der Waals surface area contributed by atoms with Crippen molar-refractivity contribution in [3.05, 3.63) is 0 Å². The van der Waals surface area contributed by atoms with Crippen molar-refractivity contribution >= 4 is 5.97 Å². The van der Waals surface area contributed by atoms with Crippen LogP contribution < -0.4 is 5.32 Å². The summed E-state index contributed by atoms with van der Waals surface area (Å²) in [4.78, 5) is 13.9. The minimum absolute atomic E-state index is 0.547. The first-order valence-electron chi connectivity index (χ1n) is 6.87. The summed E-state index contributed by atoms with van der Waals surface area (Å²) in [7, 11) is 0. The van der Waals surface area contributed by atoms with Gasteiger partial charge in [0.05, 0.1) is 0 Å². The lowest BCUT2D eigenvalue weighted by molar-refractivity contribution is -0.145. The molecular formula is C13H24N2O2. The van der Waals surface area contributed by atoms with Crippen molar-refractivity contribution in [2.24, 2.45) is 5.92 Å². The molecule has 0 radical (unpaired) electrons. The van der Waals surface area contributed by atoms with Crippen LogP contribution in [0.1, 0.15) is 39.0 Å². The highest BCUT2D eigenvalue weighted by atomic mass is 16.4. The number of carbonyl (C=O) groups is 1. The molecule has 2 aliphatic rings. The average Bonchev–Trinajstić information content (AvgIpc) is 2.79. The van der Waals surface area contributed by atoms with Gasteiger partial charge in [-0.05, 0) is 57.7 Å². The van der Waals surface area contributed by atoms with E-state index < -0.39 is 11.5 Å². The van der Waals surface area contributed by atoms with Crippen LogP contribution in [-0.4, -0.2) is 47.7 Å².